The van der Waals surface area contributed by atoms with Gasteiger partial charge in [0.2, 0.25) is 5.91 Å². The van der Waals surface area contributed by atoms with Crippen LogP contribution in [0.3, 0.4) is 0 Å². The Morgan fingerprint density at radius 1 is 1.52 bits per heavy atom. The number of rotatable bonds is 10. The maximum Gasteiger partial charge on any atom is 0.233 e. The van der Waals surface area contributed by atoms with Crippen molar-refractivity contribution in [2.75, 3.05) is 20.3 Å². The van der Waals surface area contributed by atoms with E-state index in [0.29, 0.717) is 19.2 Å². The summed E-state index contributed by atoms with van der Waals surface area (Å²) < 4.78 is 7.23. The molecule has 2 aromatic heterocycles. The van der Waals surface area contributed by atoms with Crippen LogP contribution in [-0.4, -0.2) is 46.2 Å². The molecule has 0 aliphatic heterocycles. The molecule has 0 bridgehead atoms. The van der Waals surface area contributed by atoms with Crippen molar-refractivity contribution in [2.45, 2.75) is 49.1 Å². The molecule has 0 saturated heterocycles. The summed E-state index contributed by atoms with van der Waals surface area (Å²) in [6, 6.07) is 4.67. The van der Waals surface area contributed by atoms with E-state index in [1.54, 1.807) is 18.4 Å². The average Bonchev–Trinajstić information content (AvgIpc) is 3.16. The number of carbonyl (C=O) groups is 1. The number of aromatic nitrogens is 3. The maximum atomic E-state index is 12.2. The SMILES string of the molecule is COCCCNC(=O)C(C)Sc1nnc(Cc2cccs2)n1C1CC1. The third kappa shape index (κ3) is 5.05. The monoisotopic (exact) mass is 380 g/mol. The van der Waals surface area contributed by atoms with Gasteiger partial charge in [-0.25, -0.2) is 0 Å². The van der Waals surface area contributed by atoms with Crippen LogP contribution in [0.2, 0.25) is 0 Å². The molecule has 3 rings (SSSR count). The number of hydrogen-bond acceptors (Lipinski definition) is 6. The normalized spacial score (nSPS) is 15.3. The predicted molar refractivity (Wildman–Crippen MR) is 100 cm³/mol. The van der Waals surface area contributed by atoms with Crippen molar-refractivity contribution in [3.63, 3.8) is 0 Å². The van der Waals surface area contributed by atoms with Crippen LogP contribution in [0.1, 0.15) is 42.9 Å². The van der Waals surface area contributed by atoms with Crippen molar-refractivity contribution < 1.29 is 9.53 Å². The Bertz CT molecular complexity index is 683. The minimum Gasteiger partial charge on any atom is -0.385 e. The van der Waals surface area contributed by atoms with E-state index in [0.717, 1.165) is 23.8 Å². The third-order valence-electron chi connectivity index (χ3n) is 4.04. The first-order chi connectivity index (χ1) is 12.2. The van der Waals surface area contributed by atoms with Gasteiger partial charge in [0.15, 0.2) is 5.16 Å². The molecule has 1 aliphatic carbocycles. The third-order valence-corrected chi connectivity index (χ3v) is 5.97. The fourth-order valence-electron chi connectivity index (χ4n) is 2.56. The number of methoxy groups -OCH3 is 1. The van der Waals surface area contributed by atoms with E-state index < -0.39 is 0 Å². The Hall–Kier alpha value is -1.38. The number of hydrogen-bond donors (Lipinski definition) is 1. The smallest absolute Gasteiger partial charge is 0.233 e. The Morgan fingerprint density at radius 2 is 2.36 bits per heavy atom. The lowest BCUT2D eigenvalue weighted by atomic mass is 10.3. The molecule has 0 spiro atoms. The maximum absolute atomic E-state index is 12.2. The van der Waals surface area contributed by atoms with Crippen molar-refractivity contribution in [1.82, 2.24) is 20.1 Å². The van der Waals surface area contributed by atoms with E-state index in [2.05, 4.69) is 37.6 Å². The zero-order valence-electron chi connectivity index (χ0n) is 14.6. The van der Waals surface area contributed by atoms with Crippen LogP contribution >= 0.6 is 23.1 Å². The second kappa shape index (κ2) is 8.82. The standard InChI is InChI=1S/C17H24N4O2S2/c1-12(16(22)18-8-4-9-23-2)25-17-20-19-15(21(17)13-6-7-13)11-14-5-3-10-24-14/h3,5,10,12-13H,4,6-9,11H2,1-2H3,(H,18,22). The molecule has 2 heterocycles. The van der Waals surface area contributed by atoms with Crippen molar-refractivity contribution in [3.05, 3.63) is 28.2 Å². The number of thioether (sulfide) groups is 1. The van der Waals surface area contributed by atoms with E-state index in [1.807, 2.05) is 6.92 Å². The quantitative estimate of drug-likeness (QED) is 0.507. The van der Waals surface area contributed by atoms with Gasteiger partial charge in [-0.15, -0.1) is 21.5 Å². The number of carbonyl (C=O) groups excluding carboxylic acids is 1. The second-order valence-corrected chi connectivity index (χ2v) is 8.49. The van der Waals surface area contributed by atoms with Crippen LogP contribution in [0.15, 0.2) is 22.7 Å². The van der Waals surface area contributed by atoms with Crippen LogP contribution in [0.4, 0.5) is 0 Å². The molecular formula is C17H24N4O2S2. The van der Waals surface area contributed by atoms with Crippen molar-refractivity contribution in [1.29, 1.82) is 0 Å². The Balaban J connectivity index is 1.62. The summed E-state index contributed by atoms with van der Waals surface area (Å²) in [5.41, 5.74) is 0. The van der Waals surface area contributed by atoms with Crippen LogP contribution in [0.25, 0.3) is 0 Å². The topological polar surface area (TPSA) is 69.0 Å². The largest absolute Gasteiger partial charge is 0.385 e. The average molecular weight is 381 g/mol. The number of amides is 1. The number of ether oxygens (including phenoxy) is 1. The molecule has 8 heteroatoms. The summed E-state index contributed by atoms with van der Waals surface area (Å²) in [6.07, 6.45) is 3.96. The van der Waals surface area contributed by atoms with Gasteiger partial charge in [-0.3, -0.25) is 4.79 Å². The Kier molecular flexibility index (Phi) is 6.50. The van der Waals surface area contributed by atoms with Crippen LogP contribution in [-0.2, 0) is 16.0 Å². The molecule has 0 radical (unpaired) electrons. The second-order valence-electron chi connectivity index (χ2n) is 6.15. The molecule has 25 heavy (non-hydrogen) atoms. The van der Waals surface area contributed by atoms with Crippen LogP contribution < -0.4 is 5.32 Å². The zero-order chi connectivity index (χ0) is 17.6. The number of nitrogens with zero attached hydrogens (tertiary/aromatic N) is 3. The first kappa shape index (κ1) is 18.4. The molecule has 1 saturated carbocycles. The summed E-state index contributed by atoms with van der Waals surface area (Å²) in [5, 5.41) is 14.5. The molecule has 0 aromatic carbocycles. The first-order valence-corrected chi connectivity index (χ1v) is 10.3. The van der Waals surface area contributed by atoms with Gasteiger partial charge in [-0.1, -0.05) is 17.8 Å². The Morgan fingerprint density at radius 3 is 3.04 bits per heavy atom. The van der Waals surface area contributed by atoms with E-state index in [1.165, 1.54) is 29.5 Å². The fourth-order valence-corrected chi connectivity index (χ4v) is 4.22. The van der Waals surface area contributed by atoms with E-state index in [9.17, 15) is 4.79 Å². The van der Waals surface area contributed by atoms with E-state index >= 15 is 0 Å². The molecule has 136 valence electrons. The van der Waals surface area contributed by atoms with E-state index in [4.69, 9.17) is 4.74 Å². The molecular weight excluding hydrogens is 356 g/mol. The lowest BCUT2D eigenvalue weighted by molar-refractivity contribution is -0.120. The lowest BCUT2D eigenvalue weighted by Gasteiger charge is -2.13. The van der Waals surface area contributed by atoms with Crippen LogP contribution in [0.5, 0.6) is 0 Å². The molecule has 1 amide bonds. The van der Waals surface area contributed by atoms with Gasteiger partial charge in [0, 0.05) is 37.6 Å². The minimum absolute atomic E-state index is 0.0336. The molecule has 1 atom stereocenters. The molecule has 1 fully saturated rings. The molecule has 2 aromatic rings. The van der Waals surface area contributed by atoms with Gasteiger partial charge in [-0.05, 0) is 37.6 Å². The molecule has 1 aliphatic rings. The fraction of sp³-hybridized carbons (Fsp3) is 0.588. The zero-order valence-corrected chi connectivity index (χ0v) is 16.2. The van der Waals surface area contributed by atoms with Gasteiger partial charge in [0.05, 0.1) is 5.25 Å². The number of thiophene rings is 1. The summed E-state index contributed by atoms with van der Waals surface area (Å²) in [6.45, 7) is 3.21. The van der Waals surface area contributed by atoms with Gasteiger partial charge in [-0.2, -0.15) is 0 Å². The minimum atomic E-state index is -0.196. The predicted octanol–water partition coefficient (Wildman–Crippen LogP) is 2.90. The number of nitrogens with one attached hydrogen (secondary N) is 1. The highest BCUT2D eigenvalue weighted by molar-refractivity contribution is 8.00. The van der Waals surface area contributed by atoms with Crippen molar-refractivity contribution >= 4 is 29.0 Å². The molecule has 1 N–H and O–H groups in total. The summed E-state index contributed by atoms with van der Waals surface area (Å²) in [4.78, 5) is 13.5. The summed E-state index contributed by atoms with van der Waals surface area (Å²) in [5.74, 6) is 1.03. The highest BCUT2D eigenvalue weighted by atomic mass is 32.2. The lowest BCUT2D eigenvalue weighted by Crippen LogP contribution is -2.32. The first-order valence-electron chi connectivity index (χ1n) is 8.58. The highest BCUT2D eigenvalue weighted by Gasteiger charge is 2.31. The summed E-state index contributed by atoms with van der Waals surface area (Å²) >= 11 is 3.23. The van der Waals surface area contributed by atoms with Crippen molar-refractivity contribution in [3.8, 4) is 0 Å². The van der Waals surface area contributed by atoms with Gasteiger partial charge in [0.1, 0.15) is 5.82 Å². The van der Waals surface area contributed by atoms with E-state index in [-0.39, 0.29) is 11.2 Å². The van der Waals surface area contributed by atoms with Crippen LogP contribution in [0, 0.1) is 0 Å². The molecule has 1 unspecified atom stereocenters. The van der Waals surface area contributed by atoms with Crippen molar-refractivity contribution in [2.24, 2.45) is 0 Å². The summed E-state index contributed by atoms with van der Waals surface area (Å²) in [7, 11) is 1.67. The van der Waals surface area contributed by atoms with Gasteiger partial charge < -0.3 is 14.6 Å². The Labute approximate surface area is 156 Å². The highest BCUT2D eigenvalue weighted by Crippen LogP contribution is 2.40. The van der Waals surface area contributed by atoms with Gasteiger partial charge in [0.25, 0.3) is 0 Å². The van der Waals surface area contributed by atoms with Gasteiger partial charge >= 0.3 is 0 Å². The molecule has 6 nitrogen and oxygen atoms in total.